The first-order valence-electron chi connectivity index (χ1n) is 7.09. The Morgan fingerprint density at radius 1 is 1.00 bits per heavy atom. The molecule has 0 spiro atoms. The van der Waals surface area contributed by atoms with Crippen molar-refractivity contribution in [1.82, 2.24) is 4.98 Å². The highest BCUT2D eigenvalue weighted by atomic mass is 32.2. The van der Waals surface area contributed by atoms with Gasteiger partial charge in [-0.25, -0.2) is 12.8 Å². The Kier molecular flexibility index (Phi) is 3.83. The Hall–Kier alpha value is -2.01. The van der Waals surface area contributed by atoms with Gasteiger partial charge in [0.15, 0.2) is 9.84 Å². The van der Waals surface area contributed by atoms with Crippen LogP contribution in [0.15, 0.2) is 47.5 Å². The van der Waals surface area contributed by atoms with Gasteiger partial charge in [-0.3, -0.25) is 4.98 Å². The Morgan fingerprint density at radius 3 is 2.27 bits per heavy atom. The molecule has 3 nitrogen and oxygen atoms in total. The van der Waals surface area contributed by atoms with Crippen molar-refractivity contribution in [2.45, 2.75) is 24.2 Å². The Balaban J connectivity index is 2.01. The molecule has 0 bridgehead atoms. The molecule has 0 saturated heterocycles. The van der Waals surface area contributed by atoms with Crippen LogP contribution in [0.25, 0.3) is 11.1 Å². The van der Waals surface area contributed by atoms with E-state index in [1.54, 1.807) is 18.2 Å². The average molecular weight is 317 g/mol. The maximum absolute atomic E-state index is 13.0. The zero-order chi connectivity index (χ0) is 15.7. The molecule has 1 heterocycles. The lowest BCUT2D eigenvalue weighted by molar-refractivity contribution is 0.602. The van der Waals surface area contributed by atoms with Crippen LogP contribution in [0, 0.1) is 5.82 Å². The predicted octanol–water partition coefficient (Wildman–Crippen LogP) is 3.72. The lowest BCUT2D eigenvalue weighted by Gasteiger charge is -2.08. The molecule has 0 N–H and O–H groups in total. The lowest BCUT2D eigenvalue weighted by Crippen LogP contribution is -1.97. The number of hydrogen-bond donors (Lipinski definition) is 0. The summed E-state index contributed by atoms with van der Waals surface area (Å²) in [6.07, 6.45) is 5.28. The number of sulfone groups is 1. The van der Waals surface area contributed by atoms with Gasteiger partial charge >= 0.3 is 0 Å². The number of nitrogens with zero attached hydrogens (tertiary/aromatic N) is 1. The molecular formula is C17H16FNO2S. The molecule has 22 heavy (non-hydrogen) atoms. The van der Waals surface area contributed by atoms with E-state index >= 15 is 0 Å². The van der Waals surface area contributed by atoms with E-state index in [-0.39, 0.29) is 5.82 Å². The third kappa shape index (κ3) is 2.95. The van der Waals surface area contributed by atoms with E-state index in [0.717, 1.165) is 36.1 Å². The zero-order valence-electron chi connectivity index (χ0n) is 12.2. The Labute approximate surface area is 129 Å². The SMILES string of the molecule is CS(=O)(=O)c1ccc(C2=C(c3ccc(F)cn3)CCC2)cc1. The number of benzene rings is 1. The summed E-state index contributed by atoms with van der Waals surface area (Å²) in [5, 5.41) is 0. The minimum atomic E-state index is -3.18. The maximum atomic E-state index is 13.0. The molecule has 114 valence electrons. The van der Waals surface area contributed by atoms with E-state index in [9.17, 15) is 12.8 Å². The van der Waals surface area contributed by atoms with Crippen LogP contribution in [0.2, 0.25) is 0 Å². The maximum Gasteiger partial charge on any atom is 0.175 e. The predicted molar refractivity (Wildman–Crippen MR) is 84.4 cm³/mol. The largest absolute Gasteiger partial charge is 0.254 e. The zero-order valence-corrected chi connectivity index (χ0v) is 13.0. The monoisotopic (exact) mass is 317 g/mol. The molecule has 0 unspecified atom stereocenters. The third-order valence-electron chi connectivity index (χ3n) is 3.89. The molecule has 0 fully saturated rings. The lowest BCUT2D eigenvalue weighted by atomic mass is 10.00. The molecule has 2 aromatic rings. The summed E-state index contributed by atoms with van der Waals surface area (Å²) in [7, 11) is -3.18. The second-order valence-corrected chi connectivity index (χ2v) is 7.48. The quantitative estimate of drug-likeness (QED) is 0.867. The van der Waals surface area contributed by atoms with Gasteiger partial charge in [-0.1, -0.05) is 12.1 Å². The van der Waals surface area contributed by atoms with Crippen LogP contribution in [0.4, 0.5) is 4.39 Å². The smallest absolute Gasteiger partial charge is 0.175 e. The molecule has 3 rings (SSSR count). The van der Waals surface area contributed by atoms with Crippen molar-refractivity contribution in [3.8, 4) is 0 Å². The van der Waals surface area contributed by atoms with Crippen LogP contribution in [-0.4, -0.2) is 19.7 Å². The fraction of sp³-hybridized carbons (Fsp3) is 0.235. The van der Waals surface area contributed by atoms with Crippen molar-refractivity contribution in [1.29, 1.82) is 0 Å². The second-order valence-electron chi connectivity index (χ2n) is 5.47. The molecule has 0 amide bonds. The number of rotatable bonds is 3. The van der Waals surface area contributed by atoms with Crippen molar-refractivity contribution in [3.63, 3.8) is 0 Å². The van der Waals surface area contributed by atoms with E-state index in [1.807, 2.05) is 12.1 Å². The number of allylic oxidation sites excluding steroid dienone is 2. The summed E-state index contributed by atoms with van der Waals surface area (Å²) in [6.45, 7) is 0. The number of pyridine rings is 1. The van der Waals surface area contributed by atoms with Crippen LogP contribution < -0.4 is 0 Å². The number of halogens is 1. The van der Waals surface area contributed by atoms with Crippen molar-refractivity contribution < 1.29 is 12.8 Å². The number of aromatic nitrogens is 1. The minimum Gasteiger partial charge on any atom is -0.254 e. The molecule has 1 aromatic carbocycles. The van der Waals surface area contributed by atoms with Gasteiger partial charge in [0.2, 0.25) is 0 Å². The van der Waals surface area contributed by atoms with E-state index in [0.29, 0.717) is 4.90 Å². The highest BCUT2D eigenvalue weighted by Gasteiger charge is 2.19. The Bertz CT molecular complexity index is 822. The summed E-state index contributed by atoms with van der Waals surface area (Å²) >= 11 is 0. The van der Waals surface area contributed by atoms with Gasteiger partial charge < -0.3 is 0 Å². The summed E-state index contributed by atoms with van der Waals surface area (Å²) in [5.41, 5.74) is 4.08. The van der Waals surface area contributed by atoms with Crippen molar-refractivity contribution in [3.05, 3.63) is 59.7 Å². The Morgan fingerprint density at radius 2 is 1.68 bits per heavy atom. The normalized spacial score (nSPS) is 15.4. The summed E-state index contributed by atoms with van der Waals surface area (Å²) in [6, 6.07) is 10.0. The van der Waals surface area contributed by atoms with E-state index in [4.69, 9.17) is 0 Å². The molecule has 0 radical (unpaired) electrons. The third-order valence-corrected chi connectivity index (χ3v) is 5.01. The van der Waals surface area contributed by atoms with Gasteiger partial charge in [0.05, 0.1) is 16.8 Å². The fourth-order valence-electron chi connectivity index (χ4n) is 2.80. The van der Waals surface area contributed by atoms with Crippen LogP contribution >= 0.6 is 0 Å². The molecule has 1 aromatic heterocycles. The molecule has 0 atom stereocenters. The average Bonchev–Trinajstić information content (AvgIpc) is 2.97. The molecule has 1 aliphatic carbocycles. The topological polar surface area (TPSA) is 47.0 Å². The summed E-state index contributed by atoms with van der Waals surface area (Å²) < 4.78 is 36.1. The fourth-order valence-corrected chi connectivity index (χ4v) is 3.43. The summed E-state index contributed by atoms with van der Waals surface area (Å²) in [4.78, 5) is 4.48. The molecule has 0 aliphatic heterocycles. The van der Waals surface area contributed by atoms with Gasteiger partial charge in [0.25, 0.3) is 0 Å². The molecule has 1 aliphatic rings. The minimum absolute atomic E-state index is 0.316. The van der Waals surface area contributed by atoms with Gasteiger partial charge in [0, 0.05) is 6.26 Å². The van der Waals surface area contributed by atoms with Gasteiger partial charge in [-0.05, 0) is 60.2 Å². The van der Waals surface area contributed by atoms with Crippen molar-refractivity contribution in [2.24, 2.45) is 0 Å². The van der Waals surface area contributed by atoms with Crippen LogP contribution in [0.3, 0.4) is 0 Å². The molecular weight excluding hydrogens is 301 g/mol. The first kappa shape index (κ1) is 14.9. The first-order valence-corrected chi connectivity index (χ1v) is 8.99. The van der Waals surface area contributed by atoms with Crippen molar-refractivity contribution >= 4 is 21.0 Å². The van der Waals surface area contributed by atoms with Crippen molar-refractivity contribution in [2.75, 3.05) is 6.26 Å². The van der Waals surface area contributed by atoms with Crippen LogP contribution in [0.5, 0.6) is 0 Å². The highest BCUT2D eigenvalue weighted by molar-refractivity contribution is 7.90. The standard InChI is InChI=1S/C17H16FNO2S/c1-22(20,21)14-8-5-12(6-9-14)15-3-2-4-16(15)17-10-7-13(18)11-19-17/h5-11H,2-4H2,1H3. The van der Waals surface area contributed by atoms with Crippen LogP contribution in [-0.2, 0) is 9.84 Å². The number of hydrogen-bond acceptors (Lipinski definition) is 3. The van der Waals surface area contributed by atoms with E-state index in [1.165, 1.54) is 24.1 Å². The van der Waals surface area contributed by atoms with Crippen LogP contribution in [0.1, 0.15) is 30.5 Å². The first-order chi connectivity index (χ1) is 10.4. The van der Waals surface area contributed by atoms with Gasteiger partial charge in [-0.15, -0.1) is 0 Å². The molecule has 0 saturated carbocycles. The van der Waals surface area contributed by atoms with E-state index < -0.39 is 9.84 Å². The summed E-state index contributed by atoms with van der Waals surface area (Å²) in [5.74, 6) is -0.346. The van der Waals surface area contributed by atoms with Gasteiger partial charge in [-0.2, -0.15) is 0 Å². The highest BCUT2D eigenvalue weighted by Crippen LogP contribution is 2.39. The second kappa shape index (κ2) is 5.65. The van der Waals surface area contributed by atoms with Gasteiger partial charge in [0.1, 0.15) is 5.82 Å². The molecule has 5 heteroatoms. The van der Waals surface area contributed by atoms with E-state index in [2.05, 4.69) is 4.98 Å².